The molecule has 3 aliphatic heterocycles. The van der Waals surface area contributed by atoms with Crippen LogP contribution in [-0.2, 0) is 9.59 Å². The van der Waals surface area contributed by atoms with Crippen molar-refractivity contribution in [3.63, 3.8) is 0 Å². The van der Waals surface area contributed by atoms with Gasteiger partial charge in [0, 0.05) is 63.5 Å². The van der Waals surface area contributed by atoms with Crippen molar-refractivity contribution >= 4 is 23.4 Å². The molecule has 3 amide bonds. The topological polar surface area (TPSA) is 91.4 Å². The van der Waals surface area contributed by atoms with E-state index < -0.39 is 0 Å². The summed E-state index contributed by atoms with van der Waals surface area (Å²) in [6, 6.07) is 14.7. The van der Waals surface area contributed by atoms with E-state index in [0.29, 0.717) is 49.8 Å². The highest BCUT2D eigenvalue weighted by Crippen LogP contribution is 2.33. The molecule has 9 nitrogen and oxygen atoms in total. The minimum atomic E-state index is -0.330. The number of carbonyl (C=O) groups is 3. The number of piperazine rings is 1. The van der Waals surface area contributed by atoms with Crippen molar-refractivity contribution in [2.45, 2.75) is 6.42 Å². The van der Waals surface area contributed by atoms with Gasteiger partial charge in [0.15, 0.2) is 11.5 Å². The monoisotopic (exact) mass is 464 g/mol. The first kappa shape index (κ1) is 22.2. The van der Waals surface area contributed by atoms with Gasteiger partial charge in [-0.1, -0.05) is 18.2 Å². The highest BCUT2D eigenvalue weighted by molar-refractivity contribution is 6.00. The SMILES string of the molecule is O=C(NCCN1CCN(C(=O)c2ccc3c(c2)OCO3)CC1)C1CC(=O)N(c2ccccc2)C1. The molecule has 0 aliphatic carbocycles. The Morgan fingerprint density at radius 2 is 1.74 bits per heavy atom. The summed E-state index contributed by atoms with van der Waals surface area (Å²) in [6.45, 7) is 4.58. The van der Waals surface area contributed by atoms with E-state index in [0.717, 1.165) is 18.8 Å². The van der Waals surface area contributed by atoms with Crippen LogP contribution in [0.4, 0.5) is 5.69 Å². The number of nitrogens with zero attached hydrogens (tertiary/aromatic N) is 3. The van der Waals surface area contributed by atoms with Crippen LogP contribution in [0.3, 0.4) is 0 Å². The van der Waals surface area contributed by atoms with E-state index in [2.05, 4.69) is 10.2 Å². The number of fused-ring (bicyclic) bond motifs is 1. The Balaban J connectivity index is 1.04. The summed E-state index contributed by atoms with van der Waals surface area (Å²) < 4.78 is 10.7. The average molecular weight is 465 g/mol. The minimum Gasteiger partial charge on any atom is -0.454 e. The van der Waals surface area contributed by atoms with Gasteiger partial charge in [-0.15, -0.1) is 0 Å². The van der Waals surface area contributed by atoms with E-state index >= 15 is 0 Å². The van der Waals surface area contributed by atoms with Crippen molar-refractivity contribution < 1.29 is 23.9 Å². The van der Waals surface area contributed by atoms with Gasteiger partial charge < -0.3 is 24.6 Å². The van der Waals surface area contributed by atoms with Gasteiger partial charge in [0.2, 0.25) is 18.6 Å². The number of nitrogens with one attached hydrogen (secondary N) is 1. The normalized spacial score (nSPS) is 20.0. The third kappa shape index (κ3) is 4.70. The number of hydrogen-bond acceptors (Lipinski definition) is 6. The second-order valence-electron chi connectivity index (χ2n) is 8.73. The van der Waals surface area contributed by atoms with Gasteiger partial charge in [-0.05, 0) is 30.3 Å². The summed E-state index contributed by atoms with van der Waals surface area (Å²) in [5.41, 5.74) is 1.43. The second kappa shape index (κ2) is 9.72. The van der Waals surface area contributed by atoms with E-state index in [9.17, 15) is 14.4 Å². The molecule has 1 N–H and O–H groups in total. The van der Waals surface area contributed by atoms with Gasteiger partial charge in [0.05, 0.1) is 5.92 Å². The lowest BCUT2D eigenvalue weighted by Crippen LogP contribution is -2.50. The summed E-state index contributed by atoms with van der Waals surface area (Å²) in [5.74, 6) is 0.830. The zero-order valence-electron chi connectivity index (χ0n) is 18.9. The fraction of sp³-hybridized carbons (Fsp3) is 0.400. The van der Waals surface area contributed by atoms with Gasteiger partial charge >= 0.3 is 0 Å². The molecule has 9 heteroatoms. The molecule has 178 valence electrons. The van der Waals surface area contributed by atoms with Crippen molar-refractivity contribution in [1.82, 2.24) is 15.1 Å². The van der Waals surface area contributed by atoms with Gasteiger partial charge in [-0.3, -0.25) is 19.3 Å². The van der Waals surface area contributed by atoms with E-state index in [-0.39, 0.29) is 36.9 Å². The maximum absolute atomic E-state index is 12.8. The quantitative estimate of drug-likeness (QED) is 0.694. The molecule has 2 aromatic rings. The first-order chi connectivity index (χ1) is 16.6. The fourth-order valence-corrected chi connectivity index (χ4v) is 4.61. The number of rotatable bonds is 6. The molecule has 0 bridgehead atoms. The van der Waals surface area contributed by atoms with Crippen LogP contribution in [0.15, 0.2) is 48.5 Å². The summed E-state index contributed by atoms with van der Waals surface area (Å²) in [5, 5.41) is 2.98. The summed E-state index contributed by atoms with van der Waals surface area (Å²) in [7, 11) is 0. The zero-order chi connectivity index (χ0) is 23.5. The van der Waals surface area contributed by atoms with Crippen molar-refractivity contribution in [3.8, 4) is 11.5 Å². The van der Waals surface area contributed by atoms with Crippen molar-refractivity contribution in [2.24, 2.45) is 5.92 Å². The van der Waals surface area contributed by atoms with Gasteiger partial charge in [-0.2, -0.15) is 0 Å². The van der Waals surface area contributed by atoms with Crippen LogP contribution in [0.5, 0.6) is 11.5 Å². The Hall–Kier alpha value is -3.59. The molecule has 2 fully saturated rings. The highest BCUT2D eigenvalue weighted by atomic mass is 16.7. The van der Waals surface area contributed by atoms with Crippen LogP contribution in [0, 0.1) is 5.92 Å². The molecule has 3 aliphatic rings. The molecule has 3 heterocycles. The molecule has 1 unspecified atom stereocenters. The van der Waals surface area contributed by atoms with Gasteiger partial charge in [0.25, 0.3) is 5.91 Å². The minimum absolute atomic E-state index is 0.0138. The van der Waals surface area contributed by atoms with Crippen molar-refractivity contribution in [3.05, 3.63) is 54.1 Å². The smallest absolute Gasteiger partial charge is 0.254 e. The molecular weight excluding hydrogens is 436 g/mol. The molecule has 0 radical (unpaired) electrons. The number of ether oxygens (including phenoxy) is 2. The molecule has 2 aromatic carbocycles. The van der Waals surface area contributed by atoms with E-state index in [1.807, 2.05) is 35.2 Å². The number of para-hydroxylation sites is 1. The maximum atomic E-state index is 12.8. The summed E-state index contributed by atoms with van der Waals surface area (Å²) in [4.78, 5) is 43.5. The lowest BCUT2D eigenvalue weighted by Gasteiger charge is -2.34. The van der Waals surface area contributed by atoms with Gasteiger partial charge in [-0.25, -0.2) is 0 Å². The second-order valence-corrected chi connectivity index (χ2v) is 8.73. The van der Waals surface area contributed by atoms with Crippen LogP contribution >= 0.6 is 0 Å². The summed E-state index contributed by atoms with van der Waals surface area (Å²) >= 11 is 0. The largest absolute Gasteiger partial charge is 0.454 e. The van der Waals surface area contributed by atoms with Crippen LogP contribution in [-0.4, -0.2) is 80.1 Å². The first-order valence-corrected chi connectivity index (χ1v) is 11.6. The van der Waals surface area contributed by atoms with Crippen LogP contribution in [0.25, 0.3) is 0 Å². The molecule has 2 saturated heterocycles. The number of anilines is 1. The Morgan fingerprint density at radius 1 is 0.971 bits per heavy atom. The van der Waals surface area contributed by atoms with Crippen LogP contribution < -0.4 is 19.7 Å². The predicted octanol–water partition coefficient (Wildman–Crippen LogP) is 1.34. The molecule has 34 heavy (non-hydrogen) atoms. The predicted molar refractivity (Wildman–Crippen MR) is 125 cm³/mol. The van der Waals surface area contributed by atoms with E-state index in [4.69, 9.17) is 9.47 Å². The Morgan fingerprint density at radius 3 is 2.53 bits per heavy atom. The third-order valence-electron chi connectivity index (χ3n) is 6.57. The highest BCUT2D eigenvalue weighted by Gasteiger charge is 2.35. The van der Waals surface area contributed by atoms with Crippen molar-refractivity contribution in [2.75, 3.05) is 57.5 Å². The standard InChI is InChI=1S/C25H28N4O5/c30-23-15-19(16-29(23)20-4-2-1-3-5-20)24(31)26-8-9-27-10-12-28(13-11-27)25(32)18-6-7-21-22(14-18)34-17-33-21/h1-7,14,19H,8-13,15-17H2,(H,26,31). The molecule has 0 aromatic heterocycles. The number of carbonyl (C=O) groups excluding carboxylic acids is 3. The molecule has 5 rings (SSSR count). The van der Waals surface area contributed by atoms with Gasteiger partial charge in [0.1, 0.15) is 0 Å². The fourth-order valence-electron chi connectivity index (χ4n) is 4.61. The Labute approximate surface area is 198 Å². The maximum Gasteiger partial charge on any atom is 0.254 e. The number of hydrogen-bond donors (Lipinski definition) is 1. The lowest BCUT2D eigenvalue weighted by atomic mass is 10.1. The molecule has 1 atom stereocenters. The van der Waals surface area contributed by atoms with E-state index in [1.165, 1.54) is 0 Å². The molecule has 0 spiro atoms. The number of benzene rings is 2. The Bertz CT molecular complexity index is 1070. The summed E-state index contributed by atoms with van der Waals surface area (Å²) in [6.07, 6.45) is 0.237. The zero-order valence-corrected chi connectivity index (χ0v) is 18.9. The molecular formula is C25H28N4O5. The van der Waals surface area contributed by atoms with Crippen molar-refractivity contribution in [1.29, 1.82) is 0 Å². The number of amides is 3. The molecule has 0 saturated carbocycles. The average Bonchev–Trinajstić information content (AvgIpc) is 3.50. The first-order valence-electron chi connectivity index (χ1n) is 11.6. The Kier molecular flexibility index (Phi) is 6.35. The van der Waals surface area contributed by atoms with Crippen LogP contribution in [0.1, 0.15) is 16.8 Å². The van der Waals surface area contributed by atoms with Crippen LogP contribution in [0.2, 0.25) is 0 Å². The lowest BCUT2D eigenvalue weighted by molar-refractivity contribution is -0.126. The van der Waals surface area contributed by atoms with E-state index in [1.54, 1.807) is 23.1 Å². The third-order valence-corrected chi connectivity index (χ3v) is 6.57.